The Labute approximate surface area is 124 Å². The molecule has 6 heteroatoms. The van der Waals surface area contributed by atoms with E-state index in [1.807, 2.05) is 0 Å². The Hall–Kier alpha value is -2.04. The second kappa shape index (κ2) is 5.94. The zero-order chi connectivity index (χ0) is 14.7. The molecule has 0 saturated carbocycles. The fourth-order valence-electron chi connectivity index (χ4n) is 1.51. The van der Waals surface area contributed by atoms with Crippen LogP contribution in [0.4, 0.5) is 0 Å². The molecular formula is C14H8Cl2O4. The van der Waals surface area contributed by atoms with Crippen molar-refractivity contribution >= 4 is 35.1 Å². The summed E-state index contributed by atoms with van der Waals surface area (Å²) in [5.74, 6) is -1.66. The second-order valence-electron chi connectivity index (χ2n) is 3.85. The van der Waals surface area contributed by atoms with E-state index in [4.69, 9.17) is 33.0 Å². The van der Waals surface area contributed by atoms with Gasteiger partial charge in [-0.25, -0.2) is 9.59 Å². The zero-order valence-electron chi connectivity index (χ0n) is 9.97. The van der Waals surface area contributed by atoms with Crippen molar-refractivity contribution in [2.75, 3.05) is 0 Å². The maximum absolute atomic E-state index is 11.9. The second-order valence-corrected chi connectivity index (χ2v) is 4.69. The molecule has 0 heterocycles. The summed E-state index contributed by atoms with van der Waals surface area (Å²) in [5, 5.41) is 9.42. The van der Waals surface area contributed by atoms with E-state index in [2.05, 4.69) is 0 Å². The highest BCUT2D eigenvalue weighted by molar-refractivity contribution is 6.36. The summed E-state index contributed by atoms with van der Waals surface area (Å²) in [6, 6.07) is 9.99. The van der Waals surface area contributed by atoms with E-state index in [-0.39, 0.29) is 21.9 Å². The number of esters is 1. The first-order chi connectivity index (χ1) is 9.47. The number of carbonyl (C=O) groups is 2. The molecule has 0 fully saturated rings. The van der Waals surface area contributed by atoms with E-state index in [1.54, 1.807) is 0 Å². The predicted molar refractivity (Wildman–Crippen MR) is 74.8 cm³/mol. The molecule has 0 atom stereocenters. The monoisotopic (exact) mass is 310 g/mol. The minimum atomic E-state index is -1.10. The van der Waals surface area contributed by atoms with Crippen LogP contribution in [-0.4, -0.2) is 17.0 Å². The van der Waals surface area contributed by atoms with E-state index in [1.165, 1.54) is 42.5 Å². The Morgan fingerprint density at radius 2 is 1.80 bits per heavy atom. The summed E-state index contributed by atoms with van der Waals surface area (Å²) >= 11 is 11.6. The van der Waals surface area contributed by atoms with Gasteiger partial charge < -0.3 is 9.84 Å². The summed E-state index contributed by atoms with van der Waals surface area (Å²) in [6.07, 6.45) is 0. The summed E-state index contributed by atoms with van der Waals surface area (Å²) in [4.78, 5) is 22.8. The minimum Gasteiger partial charge on any atom is -0.478 e. The van der Waals surface area contributed by atoms with Crippen LogP contribution >= 0.6 is 23.2 Å². The normalized spacial score (nSPS) is 10.1. The predicted octanol–water partition coefficient (Wildman–Crippen LogP) is 3.91. The van der Waals surface area contributed by atoms with Crippen molar-refractivity contribution in [1.82, 2.24) is 0 Å². The van der Waals surface area contributed by atoms with Gasteiger partial charge in [-0.05, 0) is 36.4 Å². The lowest BCUT2D eigenvalue weighted by Crippen LogP contribution is -2.09. The number of carbonyl (C=O) groups excluding carboxylic acids is 1. The van der Waals surface area contributed by atoms with Crippen molar-refractivity contribution in [2.45, 2.75) is 0 Å². The van der Waals surface area contributed by atoms with E-state index >= 15 is 0 Å². The van der Waals surface area contributed by atoms with Crippen molar-refractivity contribution < 1.29 is 19.4 Å². The highest BCUT2D eigenvalue weighted by atomic mass is 35.5. The molecule has 0 unspecified atom stereocenters. The molecule has 1 N–H and O–H groups in total. The van der Waals surface area contributed by atoms with Crippen molar-refractivity contribution in [3.8, 4) is 5.75 Å². The van der Waals surface area contributed by atoms with E-state index in [0.29, 0.717) is 5.02 Å². The molecule has 0 aromatic heterocycles. The van der Waals surface area contributed by atoms with Crippen LogP contribution in [0.1, 0.15) is 20.7 Å². The van der Waals surface area contributed by atoms with Gasteiger partial charge in [-0.15, -0.1) is 0 Å². The van der Waals surface area contributed by atoms with Crippen molar-refractivity contribution in [3.63, 3.8) is 0 Å². The summed E-state index contributed by atoms with van der Waals surface area (Å²) in [5.41, 5.74) is 0.175. The van der Waals surface area contributed by atoms with E-state index in [9.17, 15) is 9.59 Å². The Kier molecular flexibility index (Phi) is 4.27. The number of ether oxygens (including phenoxy) is 1. The molecule has 102 valence electrons. The van der Waals surface area contributed by atoms with Crippen molar-refractivity contribution in [2.24, 2.45) is 0 Å². The fourth-order valence-corrected chi connectivity index (χ4v) is 2.00. The first-order valence-electron chi connectivity index (χ1n) is 5.48. The van der Waals surface area contributed by atoms with Gasteiger partial charge in [0.15, 0.2) is 0 Å². The van der Waals surface area contributed by atoms with Gasteiger partial charge in [-0.3, -0.25) is 0 Å². The molecule has 0 bridgehead atoms. The standard InChI is InChI=1S/C14H8Cl2O4/c15-9-4-5-11(12(16)7-9)14(19)20-10-3-1-2-8(6-10)13(17)18/h1-7H,(H,17,18). The van der Waals surface area contributed by atoms with Gasteiger partial charge >= 0.3 is 11.9 Å². The number of halogens is 2. The van der Waals surface area contributed by atoms with Crippen molar-refractivity contribution in [1.29, 1.82) is 0 Å². The Morgan fingerprint density at radius 1 is 1.05 bits per heavy atom. The number of carboxylic acids is 1. The van der Waals surface area contributed by atoms with Gasteiger partial charge in [-0.2, -0.15) is 0 Å². The average molecular weight is 311 g/mol. The molecule has 0 aliphatic rings. The number of hydrogen-bond acceptors (Lipinski definition) is 3. The fraction of sp³-hybridized carbons (Fsp3) is 0. The molecule has 2 rings (SSSR count). The van der Waals surface area contributed by atoms with Gasteiger partial charge in [0.25, 0.3) is 0 Å². The quantitative estimate of drug-likeness (QED) is 0.689. The summed E-state index contributed by atoms with van der Waals surface area (Å²) in [6.45, 7) is 0. The SMILES string of the molecule is O=C(O)c1cccc(OC(=O)c2ccc(Cl)cc2Cl)c1. The molecule has 4 nitrogen and oxygen atoms in total. The number of aromatic carboxylic acids is 1. The summed E-state index contributed by atoms with van der Waals surface area (Å²) in [7, 11) is 0. The number of rotatable bonds is 3. The Morgan fingerprint density at radius 3 is 2.45 bits per heavy atom. The average Bonchev–Trinajstić information content (AvgIpc) is 2.38. The lowest BCUT2D eigenvalue weighted by Gasteiger charge is -2.06. The lowest BCUT2D eigenvalue weighted by molar-refractivity contribution is 0.0687. The van der Waals surface area contributed by atoms with Crippen LogP contribution in [0.3, 0.4) is 0 Å². The van der Waals surface area contributed by atoms with E-state index in [0.717, 1.165) is 0 Å². The largest absolute Gasteiger partial charge is 0.478 e. The third kappa shape index (κ3) is 3.29. The Balaban J connectivity index is 2.23. The third-order valence-corrected chi connectivity index (χ3v) is 2.99. The molecule has 0 saturated heterocycles. The van der Waals surface area contributed by atoms with E-state index < -0.39 is 11.9 Å². The molecular weight excluding hydrogens is 303 g/mol. The van der Waals surface area contributed by atoms with Crippen LogP contribution in [0, 0.1) is 0 Å². The maximum atomic E-state index is 11.9. The first kappa shape index (κ1) is 14.4. The van der Waals surface area contributed by atoms with Crippen LogP contribution in [0.25, 0.3) is 0 Å². The van der Waals surface area contributed by atoms with Gasteiger partial charge in [0.05, 0.1) is 16.1 Å². The molecule has 20 heavy (non-hydrogen) atoms. The number of hydrogen-bond donors (Lipinski definition) is 1. The van der Waals surface area contributed by atoms with Crippen molar-refractivity contribution in [3.05, 3.63) is 63.6 Å². The molecule has 0 spiro atoms. The van der Waals surface area contributed by atoms with Crippen LogP contribution in [0.15, 0.2) is 42.5 Å². The van der Waals surface area contributed by atoms with Gasteiger partial charge in [0, 0.05) is 5.02 Å². The van der Waals surface area contributed by atoms with Gasteiger partial charge in [-0.1, -0.05) is 29.3 Å². The molecule has 0 radical (unpaired) electrons. The molecule has 2 aromatic rings. The molecule has 0 aliphatic heterocycles. The topological polar surface area (TPSA) is 63.6 Å². The number of benzene rings is 2. The third-order valence-electron chi connectivity index (χ3n) is 2.44. The first-order valence-corrected chi connectivity index (χ1v) is 6.23. The highest BCUT2D eigenvalue weighted by Gasteiger charge is 2.14. The van der Waals surface area contributed by atoms with Crippen LogP contribution in [-0.2, 0) is 0 Å². The molecule has 0 aliphatic carbocycles. The minimum absolute atomic E-state index is 0.0255. The molecule has 2 aromatic carbocycles. The van der Waals surface area contributed by atoms with Gasteiger partial charge in [0.1, 0.15) is 5.75 Å². The van der Waals surface area contributed by atoms with Gasteiger partial charge in [0.2, 0.25) is 0 Å². The lowest BCUT2D eigenvalue weighted by atomic mass is 10.2. The van der Waals surface area contributed by atoms with Crippen LogP contribution in [0.5, 0.6) is 5.75 Å². The zero-order valence-corrected chi connectivity index (χ0v) is 11.5. The van der Waals surface area contributed by atoms with Crippen LogP contribution in [0.2, 0.25) is 10.0 Å². The van der Waals surface area contributed by atoms with Crippen LogP contribution < -0.4 is 4.74 Å². The summed E-state index contributed by atoms with van der Waals surface area (Å²) < 4.78 is 5.08. The molecule has 0 amide bonds. The smallest absolute Gasteiger partial charge is 0.345 e. The number of carboxylic acid groups (broad SMARTS) is 1. The maximum Gasteiger partial charge on any atom is 0.345 e. The Bertz CT molecular complexity index is 683. The highest BCUT2D eigenvalue weighted by Crippen LogP contribution is 2.23.